The summed E-state index contributed by atoms with van der Waals surface area (Å²) in [6.45, 7) is 0. The zero-order valence-electron chi connectivity index (χ0n) is 9.14. The largest absolute Gasteiger partial charge is 0.398 e. The van der Waals surface area contributed by atoms with Gasteiger partial charge in [-0.25, -0.2) is 0 Å². The highest BCUT2D eigenvalue weighted by molar-refractivity contribution is 14.1. The molecule has 3 rings (SSSR count). The van der Waals surface area contributed by atoms with Crippen molar-refractivity contribution in [3.63, 3.8) is 0 Å². The van der Waals surface area contributed by atoms with E-state index in [0.717, 1.165) is 25.1 Å². The summed E-state index contributed by atoms with van der Waals surface area (Å²) in [5.41, 5.74) is 8.32. The standard InChI is InChI=1S/C12H8BrIN4/c13-7-1-3-10(14)9(5-7)12-17-16-11-4-2-8(15)6-18(11)12/h1-6H,15H2. The van der Waals surface area contributed by atoms with Crippen molar-refractivity contribution in [2.45, 2.75) is 0 Å². The zero-order chi connectivity index (χ0) is 12.7. The molecule has 0 aliphatic heterocycles. The van der Waals surface area contributed by atoms with Gasteiger partial charge in [0.05, 0.1) is 0 Å². The number of halogens is 2. The second kappa shape index (κ2) is 4.51. The summed E-state index contributed by atoms with van der Waals surface area (Å²) < 4.78 is 4.03. The third-order valence-electron chi connectivity index (χ3n) is 2.59. The van der Waals surface area contributed by atoms with E-state index in [-0.39, 0.29) is 0 Å². The van der Waals surface area contributed by atoms with Gasteiger partial charge in [-0.2, -0.15) is 0 Å². The van der Waals surface area contributed by atoms with Crippen LogP contribution in [0.1, 0.15) is 0 Å². The molecule has 2 heterocycles. The Bertz CT molecular complexity index is 738. The molecule has 0 aliphatic rings. The van der Waals surface area contributed by atoms with Crippen molar-refractivity contribution in [2.75, 3.05) is 5.73 Å². The van der Waals surface area contributed by atoms with Gasteiger partial charge in [0, 0.05) is 25.5 Å². The fourth-order valence-corrected chi connectivity index (χ4v) is 2.70. The Balaban J connectivity index is 2.31. The summed E-state index contributed by atoms with van der Waals surface area (Å²) in [6.07, 6.45) is 1.83. The van der Waals surface area contributed by atoms with Crippen molar-refractivity contribution in [3.8, 4) is 11.4 Å². The highest BCUT2D eigenvalue weighted by atomic mass is 127. The number of aromatic nitrogens is 3. The highest BCUT2D eigenvalue weighted by Gasteiger charge is 2.11. The second-order valence-corrected chi connectivity index (χ2v) is 5.92. The average molecular weight is 415 g/mol. The first-order valence-electron chi connectivity index (χ1n) is 5.21. The van der Waals surface area contributed by atoms with Crippen LogP contribution in [0.15, 0.2) is 41.0 Å². The molecule has 0 aliphatic carbocycles. The number of anilines is 1. The summed E-state index contributed by atoms with van der Waals surface area (Å²) in [7, 11) is 0. The molecule has 0 fully saturated rings. The van der Waals surface area contributed by atoms with E-state index in [0.29, 0.717) is 5.69 Å². The Hall–Kier alpha value is -1.15. The van der Waals surface area contributed by atoms with Crippen molar-refractivity contribution in [2.24, 2.45) is 0 Å². The minimum Gasteiger partial charge on any atom is -0.398 e. The zero-order valence-corrected chi connectivity index (χ0v) is 12.9. The maximum absolute atomic E-state index is 5.81. The van der Waals surface area contributed by atoms with Crippen LogP contribution in [0.4, 0.5) is 5.69 Å². The quantitative estimate of drug-likeness (QED) is 0.621. The molecule has 0 saturated carbocycles. The van der Waals surface area contributed by atoms with E-state index in [1.54, 1.807) is 0 Å². The molecule has 0 atom stereocenters. The number of benzene rings is 1. The van der Waals surface area contributed by atoms with Gasteiger partial charge in [0.25, 0.3) is 0 Å². The predicted molar refractivity (Wildman–Crippen MR) is 83.3 cm³/mol. The monoisotopic (exact) mass is 414 g/mol. The van der Waals surface area contributed by atoms with Gasteiger partial charge >= 0.3 is 0 Å². The summed E-state index contributed by atoms with van der Waals surface area (Å²) >= 11 is 5.76. The normalized spacial score (nSPS) is 11.0. The molecule has 90 valence electrons. The summed E-state index contributed by atoms with van der Waals surface area (Å²) in [6, 6.07) is 9.74. The maximum atomic E-state index is 5.81. The molecule has 4 nitrogen and oxygen atoms in total. The Morgan fingerprint density at radius 2 is 2.00 bits per heavy atom. The van der Waals surface area contributed by atoms with Gasteiger partial charge in [-0.1, -0.05) is 15.9 Å². The fourth-order valence-electron chi connectivity index (χ4n) is 1.76. The highest BCUT2D eigenvalue weighted by Crippen LogP contribution is 2.27. The molecule has 1 aromatic carbocycles. The lowest BCUT2D eigenvalue weighted by molar-refractivity contribution is 1.11. The van der Waals surface area contributed by atoms with Crippen LogP contribution in [-0.2, 0) is 0 Å². The van der Waals surface area contributed by atoms with Crippen LogP contribution in [0.25, 0.3) is 17.0 Å². The Morgan fingerprint density at radius 3 is 2.83 bits per heavy atom. The molecule has 0 saturated heterocycles. The number of nitrogens with two attached hydrogens (primary N) is 1. The molecular weight excluding hydrogens is 407 g/mol. The molecule has 0 amide bonds. The number of hydrogen-bond donors (Lipinski definition) is 1. The van der Waals surface area contributed by atoms with Gasteiger partial charge in [0.2, 0.25) is 0 Å². The SMILES string of the molecule is Nc1ccc2nnc(-c3cc(Br)ccc3I)n2c1. The number of nitrogen functional groups attached to an aromatic ring is 1. The van der Waals surface area contributed by atoms with E-state index in [4.69, 9.17) is 5.73 Å². The Kier molecular flexibility index (Phi) is 2.98. The van der Waals surface area contributed by atoms with Crippen molar-refractivity contribution < 1.29 is 0 Å². The molecule has 6 heteroatoms. The summed E-state index contributed by atoms with van der Waals surface area (Å²) in [4.78, 5) is 0. The molecular formula is C12H8BrIN4. The van der Waals surface area contributed by atoms with E-state index >= 15 is 0 Å². The van der Waals surface area contributed by atoms with Crippen LogP contribution in [0.3, 0.4) is 0 Å². The molecule has 3 aromatic rings. The van der Waals surface area contributed by atoms with Crippen LogP contribution in [0.2, 0.25) is 0 Å². The third kappa shape index (κ3) is 1.99. The van der Waals surface area contributed by atoms with E-state index in [1.165, 1.54) is 0 Å². The van der Waals surface area contributed by atoms with Gasteiger partial charge in [-0.3, -0.25) is 4.40 Å². The predicted octanol–water partition coefficient (Wildman–Crippen LogP) is 3.35. The molecule has 0 radical (unpaired) electrons. The first-order valence-corrected chi connectivity index (χ1v) is 7.08. The molecule has 0 bridgehead atoms. The first kappa shape index (κ1) is 11.9. The van der Waals surface area contributed by atoms with E-state index in [1.807, 2.05) is 40.9 Å². The molecule has 2 aromatic heterocycles. The number of pyridine rings is 1. The number of rotatable bonds is 1. The Morgan fingerprint density at radius 1 is 1.17 bits per heavy atom. The van der Waals surface area contributed by atoms with E-state index in [2.05, 4.69) is 48.7 Å². The third-order valence-corrected chi connectivity index (χ3v) is 4.03. The lowest BCUT2D eigenvalue weighted by atomic mass is 10.2. The van der Waals surface area contributed by atoms with Crippen LogP contribution >= 0.6 is 38.5 Å². The topological polar surface area (TPSA) is 56.2 Å². The minimum atomic E-state index is 0.688. The molecule has 2 N–H and O–H groups in total. The van der Waals surface area contributed by atoms with E-state index in [9.17, 15) is 0 Å². The van der Waals surface area contributed by atoms with Crippen molar-refractivity contribution in [1.29, 1.82) is 0 Å². The number of hydrogen-bond acceptors (Lipinski definition) is 3. The van der Waals surface area contributed by atoms with E-state index < -0.39 is 0 Å². The van der Waals surface area contributed by atoms with Crippen LogP contribution < -0.4 is 5.73 Å². The minimum absolute atomic E-state index is 0.688. The van der Waals surface area contributed by atoms with Gasteiger partial charge in [0.1, 0.15) is 0 Å². The Labute approximate surface area is 125 Å². The van der Waals surface area contributed by atoms with Crippen LogP contribution in [-0.4, -0.2) is 14.6 Å². The lowest BCUT2D eigenvalue weighted by Crippen LogP contribution is -1.94. The van der Waals surface area contributed by atoms with Gasteiger partial charge in [-0.05, 0) is 52.9 Å². The maximum Gasteiger partial charge on any atom is 0.169 e. The second-order valence-electron chi connectivity index (χ2n) is 3.84. The summed E-state index contributed by atoms with van der Waals surface area (Å²) in [5.74, 6) is 0.794. The van der Waals surface area contributed by atoms with Crippen LogP contribution in [0, 0.1) is 3.57 Å². The average Bonchev–Trinajstić information content (AvgIpc) is 2.75. The van der Waals surface area contributed by atoms with Gasteiger partial charge in [0.15, 0.2) is 11.5 Å². The van der Waals surface area contributed by atoms with Gasteiger partial charge < -0.3 is 5.73 Å². The van der Waals surface area contributed by atoms with Crippen molar-refractivity contribution >= 4 is 49.9 Å². The van der Waals surface area contributed by atoms with Gasteiger partial charge in [-0.15, -0.1) is 10.2 Å². The first-order chi connectivity index (χ1) is 8.65. The van der Waals surface area contributed by atoms with Crippen LogP contribution in [0.5, 0.6) is 0 Å². The number of fused-ring (bicyclic) bond motifs is 1. The van der Waals surface area contributed by atoms with Crippen molar-refractivity contribution in [1.82, 2.24) is 14.6 Å². The smallest absolute Gasteiger partial charge is 0.169 e. The fraction of sp³-hybridized carbons (Fsp3) is 0. The molecule has 18 heavy (non-hydrogen) atoms. The summed E-state index contributed by atoms with van der Waals surface area (Å²) in [5, 5.41) is 8.39. The van der Waals surface area contributed by atoms with Crippen molar-refractivity contribution in [3.05, 3.63) is 44.6 Å². The molecule has 0 unspecified atom stereocenters. The lowest BCUT2D eigenvalue weighted by Gasteiger charge is -2.04. The molecule has 0 spiro atoms. The number of nitrogens with zero attached hydrogens (tertiary/aromatic N) is 3.